The van der Waals surface area contributed by atoms with Gasteiger partial charge in [0.25, 0.3) is 5.91 Å². The molecule has 0 aliphatic carbocycles. The van der Waals surface area contributed by atoms with Crippen LogP contribution in [0.15, 0.2) is 78.9 Å². The fraction of sp³-hybridized carbons (Fsp3) is 0.0455. The van der Waals surface area contributed by atoms with E-state index in [1.165, 1.54) is 0 Å². The molecule has 0 spiro atoms. The van der Waals surface area contributed by atoms with Crippen molar-refractivity contribution in [3.8, 4) is 17.2 Å². The number of hydrogen-bond acceptors (Lipinski definition) is 4. The lowest BCUT2D eigenvalue weighted by molar-refractivity contribution is 0.102. The molecule has 144 valence electrons. The first kappa shape index (κ1) is 18.7. The van der Waals surface area contributed by atoms with Crippen LogP contribution in [0.2, 0.25) is 5.02 Å². The second kappa shape index (κ2) is 8.16. The Balaban J connectivity index is 1.59. The van der Waals surface area contributed by atoms with Crippen LogP contribution in [0.4, 0.5) is 5.69 Å². The largest absolute Gasteiger partial charge is 0.455 e. The average Bonchev–Trinajstić information content (AvgIpc) is 3.12. The van der Waals surface area contributed by atoms with Gasteiger partial charge < -0.3 is 10.1 Å². The van der Waals surface area contributed by atoms with Crippen LogP contribution in [0.1, 0.15) is 16.2 Å². The van der Waals surface area contributed by atoms with Gasteiger partial charge in [0, 0.05) is 0 Å². The summed E-state index contributed by atoms with van der Waals surface area (Å²) in [6.45, 7) is 1.77. The molecular weight excluding hydrogens is 388 g/mol. The van der Waals surface area contributed by atoms with E-state index >= 15 is 0 Å². The van der Waals surface area contributed by atoms with Gasteiger partial charge >= 0.3 is 0 Å². The SMILES string of the molecule is Cc1c(C(=O)Nc2ccccc2Oc2ccccc2)nnn1-c1ccccc1Cl. The smallest absolute Gasteiger partial charge is 0.278 e. The minimum absolute atomic E-state index is 0.208. The number of aromatic nitrogens is 3. The van der Waals surface area contributed by atoms with E-state index in [1.54, 1.807) is 29.8 Å². The Morgan fingerprint density at radius 2 is 1.66 bits per heavy atom. The average molecular weight is 405 g/mol. The summed E-state index contributed by atoms with van der Waals surface area (Å²) in [6, 6.07) is 23.8. The first-order chi connectivity index (χ1) is 14.1. The van der Waals surface area contributed by atoms with Crippen molar-refractivity contribution < 1.29 is 9.53 Å². The van der Waals surface area contributed by atoms with Crippen LogP contribution in [0.3, 0.4) is 0 Å². The molecule has 4 rings (SSSR count). The van der Waals surface area contributed by atoms with E-state index in [0.717, 1.165) is 0 Å². The number of rotatable bonds is 5. The molecule has 1 amide bonds. The van der Waals surface area contributed by atoms with Gasteiger partial charge in [-0.2, -0.15) is 0 Å². The summed E-state index contributed by atoms with van der Waals surface area (Å²) in [5.41, 5.74) is 1.98. The number of anilines is 1. The number of ether oxygens (including phenoxy) is 1. The third-order valence-corrected chi connectivity index (χ3v) is 4.62. The number of amides is 1. The normalized spacial score (nSPS) is 10.6. The maximum atomic E-state index is 12.9. The predicted octanol–water partition coefficient (Wildman–Crippen LogP) is 5.27. The molecule has 4 aromatic rings. The van der Waals surface area contributed by atoms with Crippen molar-refractivity contribution in [2.45, 2.75) is 6.92 Å². The van der Waals surface area contributed by atoms with Gasteiger partial charge in [-0.15, -0.1) is 5.10 Å². The highest BCUT2D eigenvalue weighted by molar-refractivity contribution is 6.32. The lowest BCUT2D eigenvalue weighted by Gasteiger charge is -2.12. The number of halogens is 1. The lowest BCUT2D eigenvalue weighted by Crippen LogP contribution is -2.14. The summed E-state index contributed by atoms with van der Waals surface area (Å²) < 4.78 is 7.44. The molecule has 1 N–H and O–H groups in total. The van der Waals surface area contributed by atoms with Gasteiger partial charge in [-0.25, -0.2) is 4.68 Å². The fourth-order valence-corrected chi connectivity index (χ4v) is 3.06. The minimum atomic E-state index is -0.384. The highest BCUT2D eigenvalue weighted by Gasteiger charge is 2.19. The minimum Gasteiger partial charge on any atom is -0.455 e. The van der Waals surface area contributed by atoms with Crippen LogP contribution in [-0.4, -0.2) is 20.9 Å². The summed E-state index contributed by atoms with van der Waals surface area (Å²) in [5, 5.41) is 11.5. The van der Waals surface area contributed by atoms with E-state index < -0.39 is 0 Å². The first-order valence-corrected chi connectivity index (χ1v) is 9.32. The van der Waals surface area contributed by atoms with Crippen LogP contribution in [-0.2, 0) is 0 Å². The molecule has 1 aromatic heterocycles. The van der Waals surface area contributed by atoms with Crippen molar-refractivity contribution in [3.63, 3.8) is 0 Å². The summed E-state index contributed by atoms with van der Waals surface area (Å²) in [7, 11) is 0. The van der Waals surface area contributed by atoms with Gasteiger partial charge in [0.1, 0.15) is 5.75 Å². The number of benzene rings is 3. The molecule has 29 heavy (non-hydrogen) atoms. The second-order valence-electron chi connectivity index (χ2n) is 6.25. The number of para-hydroxylation sites is 4. The van der Waals surface area contributed by atoms with E-state index in [9.17, 15) is 4.79 Å². The van der Waals surface area contributed by atoms with Crippen molar-refractivity contribution in [3.05, 3.63) is 95.3 Å². The van der Waals surface area contributed by atoms with E-state index in [1.807, 2.05) is 60.7 Å². The van der Waals surface area contributed by atoms with Crippen molar-refractivity contribution in [1.29, 1.82) is 0 Å². The Kier molecular flexibility index (Phi) is 5.27. The summed E-state index contributed by atoms with van der Waals surface area (Å²) >= 11 is 6.24. The maximum Gasteiger partial charge on any atom is 0.278 e. The van der Waals surface area contributed by atoms with E-state index in [0.29, 0.717) is 33.6 Å². The van der Waals surface area contributed by atoms with E-state index in [2.05, 4.69) is 15.6 Å². The number of nitrogens with one attached hydrogen (secondary N) is 1. The van der Waals surface area contributed by atoms with Crippen LogP contribution in [0, 0.1) is 6.92 Å². The third-order valence-electron chi connectivity index (χ3n) is 4.30. The molecule has 6 nitrogen and oxygen atoms in total. The molecule has 0 bridgehead atoms. The molecule has 0 atom stereocenters. The third kappa shape index (κ3) is 3.97. The monoisotopic (exact) mass is 404 g/mol. The molecule has 0 radical (unpaired) electrons. The molecule has 1 heterocycles. The molecule has 0 saturated carbocycles. The van der Waals surface area contributed by atoms with Gasteiger partial charge in [0.05, 0.1) is 22.1 Å². The van der Waals surface area contributed by atoms with E-state index in [-0.39, 0.29) is 11.6 Å². The van der Waals surface area contributed by atoms with Gasteiger partial charge in [-0.05, 0) is 43.3 Å². The topological polar surface area (TPSA) is 69.0 Å². The quantitative estimate of drug-likeness (QED) is 0.491. The molecule has 0 fully saturated rings. The fourth-order valence-electron chi connectivity index (χ4n) is 2.85. The van der Waals surface area contributed by atoms with Crippen molar-refractivity contribution >= 4 is 23.2 Å². The molecule has 0 aliphatic rings. The second-order valence-corrected chi connectivity index (χ2v) is 6.66. The highest BCUT2D eigenvalue weighted by Crippen LogP contribution is 2.29. The summed E-state index contributed by atoms with van der Waals surface area (Å²) in [4.78, 5) is 12.9. The van der Waals surface area contributed by atoms with Crippen molar-refractivity contribution in [1.82, 2.24) is 15.0 Å². The van der Waals surface area contributed by atoms with Crippen LogP contribution < -0.4 is 10.1 Å². The number of hydrogen-bond donors (Lipinski definition) is 1. The molecule has 0 unspecified atom stereocenters. The Labute approximate surface area is 172 Å². The number of nitrogens with zero attached hydrogens (tertiary/aromatic N) is 3. The molecule has 0 saturated heterocycles. The first-order valence-electron chi connectivity index (χ1n) is 8.94. The van der Waals surface area contributed by atoms with Gasteiger partial charge in [0.2, 0.25) is 0 Å². The Bertz CT molecular complexity index is 1160. The predicted molar refractivity (Wildman–Crippen MR) is 112 cm³/mol. The van der Waals surface area contributed by atoms with Crippen LogP contribution >= 0.6 is 11.6 Å². The Morgan fingerprint density at radius 3 is 2.45 bits per heavy atom. The Hall–Kier alpha value is -3.64. The summed E-state index contributed by atoms with van der Waals surface area (Å²) in [6.07, 6.45) is 0. The zero-order chi connectivity index (χ0) is 20.2. The highest BCUT2D eigenvalue weighted by atomic mass is 35.5. The maximum absolute atomic E-state index is 12.9. The molecule has 7 heteroatoms. The standard InChI is InChI=1S/C22H17ClN4O2/c1-15-21(25-26-27(15)19-13-7-5-11-17(19)23)22(28)24-18-12-6-8-14-20(18)29-16-9-3-2-4-10-16/h2-14H,1H3,(H,24,28). The summed E-state index contributed by atoms with van der Waals surface area (Å²) in [5.74, 6) is 0.822. The zero-order valence-electron chi connectivity index (χ0n) is 15.5. The van der Waals surface area contributed by atoms with Crippen molar-refractivity contribution in [2.24, 2.45) is 0 Å². The Morgan fingerprint density at radius 1 is 0.966 bits per heavy atom. The molecular formula is C22H17ClN4O2. The number of carbonyl (C=O) groups excluding carboxylic acids is 1. The zero-order valence-corrected chi connectivity index (χ0v) is 16.3. The van der Waals surface area contributed by atoms with Gasteiger partial charge in [0.15, 0.2) is 11.4 Å². The van der Waals surface area contributed by atoms with Crippen molar-refractivity contribution in [2.75, 3.05) is 5.32 Å². The van der Waals surface area contributed by atoms with Gasteiger partial charge in [-0.3, -0.25) is 4.79 Å². The van der Waals surface area contributed by atoms with Gasteiger partial charge in [-0.1, -0.05) is 59.3 Å². The molecule has 3 aromatic carbocycles. The van der Waals surface area contributed by atoms with E-state index in [4.69, 9.17) is 16.3 Å². The molecule has 0 aliphatic heterocycles. The number of carbonyl (C=O) groups is 1. The lowest BCUT2D eigenvalue weighted by atomic mass is 10.2. The van der Waals surface area contributed by atoms with Crippen LogP contribution in [0.25, 0.3) is 5.69 Å². The van der Waals surface area contributed by atoms with Crippen LogP contribution in [0.5, 0.6) is 11.5 Å².